The third kappa shape index (κ3) is 16.3. The minimum atomic E-state index is -0.933. The standard InChI is InChI=1S/C6H14N2O2.C3H8NSi/c7-4-2-1-3-5(8)6(9)10;4-2-1-3-5/h5H,1-4,7-8H2,(H,9,10);1-4H2/t5-;/m0./s1. The van der Waals surface area contributed by atoms with E-state index in [0.29, 0.717) is 13.0 Å². The molecular formula is C9H22N3O2Si. The summed E-state index contributed by atoms with van der Waals surface area (Å²) in [7, 11) is 3.27. The summed E-state index contributed by atoms with van der Waals surface area (Å²) in [4.78, 5) is 10.1. The normalized spacial score (nSPS) is 11.5. The van der Waals surface area contributed by atoms with Crippen LogP contribution in [0, 0.1) is 0 Å². The molecule has 0 unspecified atom stereocenters. The van der Waals surface area contributed by atoms with Gasteiger partial charge in [0.1, 0.15) is 6.04 Å². The Bertz CT molecular complexity index is 145. The topological polar surface area (TPSA) is 115 Å². The highest BCUT2D eigenvalue weighted by atomic mass is 28.1. The molecule has 7 N–H and O–H groups in total. The van der Waals surface area contributed by atoms with Crippen molar-refractivity contribution < 1.29 is 9.90 Å². The number of rotatable bonds is 7. The Hall–Kier alpha value is -0.433. The highest BCUT2D eigenvalue weighted by Crippen LogP contribution is 1.96. The number of unbranched alkanes of at least 4 members (excludes halogenated alkanes) is 1. The van der Waals surface area contributed by atoms with Crippen LogP contribution in [0.4, 0.5) is 0 Å². The number of carboxylic acids is 1. The molecule has 3 radical (unpaired) electrons. The fraction of sp³-hybridized carbons (Fsp3) is 0.889. The van der Waals surface area contributed by atoms with Crippen molar-refractivity contribution in [3.63, 3.8) is 0 Å². The number of carbonyl (C=O) groups is 1. The SMILES string of the molecule is NCCCC[C@H](N)C(=O)O.NCCC[Si]. The first kappa shape index (κ1) is 17.0. The van der Waals surface area contributed by atoms with Gasteiger partial charge < -0.3 is 22.3 Å². The first-order chi connectivity index (χ1) is 7.09. The zero-order valence-corrected chi connectivity index (χ0v) is 10.1. The maximum atomic E-state index is 10.1. The van der Waals surface area contributed by atoms with Crippen LogP contribution in [0.1, 0.15) is 25.7 Å². The minimum Gasteiger partial charge on any atom is -0.480 e. The molecule has 0 aliphatic rings. The van der Waals surface area contributed by atoms with Crippen LogP contribution in [0.15, 0.2) is 0 Å². The molecule has 0 spiro atoms. The van der Waals surface area contributed by atoms with Gasteiger partial charge in [-0.3, -0.25) is 4.79 Å². The van der Waals surface area contributed by atoms with E-state index in [0.717, 1.165) is 31.9 Å². The monoisotopic (exact) mass is 232 g/mol. The molecule has 0 aliphatic heterocycles. The van der Waals surface area contributed by atoms with E-state index >= 15 is 0 Å². The molecule has 15 heavy (non-hydrogen) atoms. The van der Waals surface area contributed by atoms with Gasteiger partial charge in [-0.2, -0.15) is 0 Å². The molecule has 0 saturated heterocycles. The second kappa shape index (κ2) is 13.6. The van der Waals surface area contributed by atoms with E-state index in [1.807, 2.05) is 0 Å². The van der Waals surface area contributed by atoms with E-state index in [1.54, 1.807) is 0 Å². The molecule has 0 saturated carbocycles. The van der Waals surface area contributed by atoms with Crippen LogP contribution in [-0.2, 0) is 4.79 Å². The smallest absolute Gasteiger partial charge is 0.320 e. The molecule has 0 rings (SSSR count). The zero-order chi connectivity index (χ0) is 12.1. The van der Waals surface area contributed by atoms with Crippen LogP contribution in [0.5, 0.6) is 0 Å². The van der Waals surface area contributed by atoms with Gasteiger partial charge in [0.05, 0.1) is 0 Å². The molecule has 0 aliphatic carbocycles. The molecule has 0 amide bonds. The summed E-state index contributed by atoms with van der Waals surface area (Å²) in [6.45, 7) is 1.40. The van der Waals surface area contributed by atoms with Crippen LogP contribution in [0.3, 0.4) is 0 Å². The van der Waals surface area contributed by atoms with Crippen molar-refractivity contribution in [2.45, 2.75) is 37.8 Å². The maximum Gasteiger partial charge on any atom is 0.320 e. The Kier molecular flexibility index (Phi) is 15.4. The second-order valence-electron chi connectivity index (χ2n) is 3.12. The minimum absolute atomic E-state index is 0.520. The average molecular weight is 232 g/mol. The molecule has 0 aromatic carbocycles. The van der Waals surface area contributed by atoms with Crippen LogP contribution in [-0.4, -0.2) is 40.4 Å². The van der Waals surface area contributed by atoms with Crippen molar-refractivity contribution in [2.75, 3.05) is 13.1 Å². The molecule has 0 aromatic rings. The Labute approximate surface area is 94.8 Å². The lowest BCUT2D eigenvalue weighted by atomic mass is 10.1. The van der Waals surface area contributed by atoms with Crippen LogP contribution in [0.25, 0.3) is 0 Å². The number of hydrogen-bond donors (Lipinski definition) is 4. The Morgan fingerprint density at radius 3 is 2.00 bits per heavy atom. The van der Waals surface area contributed by atoms with Gasteiger partial charge in [0, 0.05) is 10.2 Å². The van der Waals surface area contributed by atoms with Crippen molar-refractivity contribution >= 4 is 16.2 Å². The first-order valence-corrected chi connectivity index (χ1v) is 5.84. The Morgan fingerprint density at radius 2 is 1.73 bits per heavy atom. The van der Waals surface area contributed by atoms with Gasteiger partial charge in [-0.1, -0.05) is 12.5 Å². The predicted molar refractivity (Wildman–Crippen MR) is 62.7 cm³/mol. The van der Waals surface area contributed by atoms with Gasteiger partial charge in [0.25, 0.3) is 0 Å². The first-order valence-electron chi connectivity index (χ1n) is 5.13. The molecule has 0 fully saturated rings. The lowest BCUT2D eigenvalue weighted by Gasteiger charge is -2.03. The van der Waals surface area contributed by atoms with Crippen molar-refractivity contribution in [3.05, 3.63) is 0 Å². The highest BCUT2D eigenvalue weighted by Gasteiger charge is 2.09. The van der Waals surface area contributed by atoms with E-state index in [9.17, 15) is 4.79 Å². The van der Waals surface area contributed by atoms with Gasteiger partial charge in [0.2, 0.25) is 0 Å². The van der Waals surface area contributed by atoms with Crippen molar-refractivity contribution in [2.24, 2.45) is 17.2 Å². The van der Waals surface area contributed by atoms with E-state index in [1.165, 1.54) is 0 Å². The molecule has 0 heterocycles. The molecule has 6 heteroatoms. The van der Waals surface area contributed by atoms with Gasteiger partial charge >= 0.3 is 5.97 Å². The van der Waals surface area contributed by atoms with Crippen LogP contribution in [0.2, 0.25) is 6.04 Å². The number of nitrogens with two attached hydrogens (primary N) is 3. The van der Waals surface area contributed by atoms with Gasteiger partial charge in [-0.25, -0.2) is 0 Å². The molecule has 89 valence electrons. The van der Waals surface area contributed by atoms with Crippen molar-refractivity contribution in [3.8, 4) is 0 Å². The van der Waals surface area contributed by atoms with Gasteiger partial charge in [-0.15, -0.1) is 0 Å². The number of aliphatic carboxylic acids is 1. The summed E-state index contributed by atoms with van der Waals surface area (Å²) in [6, 6.07) is 0.308. The van der Waals surface area contributed by atoms with Gasteiger partial charge in [0.15, 0.2) is 0 Å². The van der Waals surface area contributed by atoms with Crippen molar-refractivity contribution in [1.29, 1.82) is 0 Å². The van der Waals surface area contributed by atoms with E-state index in [4.69, 9.17) is 22.3 Å². The fourth-order valence-corrected chi connectivity index (χ4v) is 0.938. The molecule has 1 atom stereocenters. The van der Waals surface area contributed by atoms with Crippen LogP contribution < -0.4 is 17.2 Å². The average Bonchev–Trinajstić information content (AvgIpc) is 2.20. The molecule has 5 nitrogen and oxygen atoms in total. The largest absolute Gasteiger partial charge is 0.480 e. The molecular weight excluding hydrogens is 210 g/mol. The zero-order valence-electron chi connectivity index (χ0n) is 9.11. The van der Waals surface area contributed by atoms with Crippen LogP contribution >= 0.6 is 0 Å². The summed E-state index contributed by atoms with van der Waals surface area (Å²) >= 11 is 0. The maximum absolute atomic E-state index is 10.1. The fourth-order valence-electron chi connectivity index (χ4n) is 0.734. The molecule has 0 aromatic heterocycles. The quantitative estimate of drug-likeness (QED) is 0.347. The summed E-state index contributed by atoms with van der Waals surface area (Å²) in [6.07, 6.45) is 3.24. The van der Waals surface area contributed by atoms with E-state index in [2.05, 4.69) is 10.2 Å². The predicted octanol–water partition coefficient (Wildman–Crippen LogP) is -0.551. The second-order valence-corrected chi connectivity index (χ2v) is 3.62. The van der Waals surface area contributed by atoms with E-state index in [-0.39, 0.29) is 0 Å². The number of carboxylic acid groups (broad SMARTS) is 1. The third-order valence-corrected chi connectivity index (χ3v) is 2.02. The summed E-state index contributed by atoms with van der Waals surface area (Å²) in [5.41, 5.74) is 15.5. The van der Waals surface area contributed by atoms with Gasteiger partial charge in [-0.05, 0) is 32.4 Å². The Morgan fingerprint density at radius 1 is 1.20 bits per heavy atom. The molecule has 0 bridgehead atoms. The highest BCUT2D eigenvalue weighted by molar-refractivity contribution is 6.08. The lowest BCUT2D eigenvalue weighted by Crippen LogP contribution is -2.29. The van der Waals surface area contributed by atoms with Crippen molar-refractivity contribution in [1.82, 2.24) is 0 Å². The summed E-state index contributed by atoms with van der Waals surface area (Å²) in [5.74, 6) is -0.933. The lowest BCUT2D eigenvalue weighted by molar-refractivity contribution is -0.138. The number of hydrogen-bond acceptors (Lipinski definition) is 4. The van der Waals surface area contributed by atoms with E-state index < -0.39 is 12.0 Å². The Balaban J connectivity index is 0. The summed E-state index contributed by atoms with van der Waals surface area (Å²) in [5, 5.41) is 8.33. The third-order valence-electron chi connectivity index (χ3n) is 1.67. The summed E-state index contributed by atoms with van der Waals surface area (Å²) < 4.78 is 0.